The van der Waals surface area contributed by atoms with Gasteiger partial charge in [0.25, 0.3) is 0 Å². The predicted octanol–water partition coefficient (Wildman–Crippen LogP) is 5.46. The standard InChI is InChI=1S/C23H22O4/c1-2-3-6-16-7-4-5-8-22(16)27-19-12-9-17(10-13-19)23(26)20-15-18(24)11-14-21(20)25/h4-5,7-15,24-25H,2-3,6H2,1H3. The third-order valence-electron chi connectivity index (χ3n) is 4.34. The van der Waals surface area contributed by atoms with Gasteiger partial charge >= 0.3 is 0 Å². The van der Waals surface area contributed by atoms with Gasteiger partial charge in [0.15, 0.2) is 5.78 Å². The van der Waals surface area contributed by atoms with Gasteiger partial charge in [0, 0.05) is 5.56 Å². The van der Waals surface area contributed by atoms with Gasteiger partial charge in [0.2, 0.25) is 0 Å². The van der Waals surface area contributed by atoms with E-state index >= 15 is 0 Å². The number of carbonyl (C=O) groups excluding carboxylic acids is 1. The van der Waals surface area contributed by atoms with E-state index in [4.69, 9.17) is 4.74 Å². The summed E-state index contributed by atoms with van der Waals surface area (Å²) in [7, 11) is 0. The minimum absolute atomic E-state index is 0.0635. The second-order valence-electron chi connectivity index (χ2n) is 6.37. The molecule has 0 radical (unpaired) electrons. The fourth-order valence-electron chi connectivity index (χ4n) is 2.84. The first-order chi connectivity index (χ1) is 13.1. The Hall–Kier alpha value is -3.27. The molecule has 138 valence electrons. The number of carbonyl (C=O) groups is 1. The third kappa shape index (κ3) is 4.47. The maximum absolute atomic E-state index is 12.5. The smallest absolute Gasteiger partial charge is 0.196 e. The Morgan fingerprint density at radius 1 is 0.963 bits per heavy atom. The van der Waals surface area contributed by atoms with E-state index in [-0.39, 0.29) is 22.8 Å². The molecule has 4 heteroatoms. The largest absolute Gasteiger partial charge is 0.508 e. The Morgan fingerprint density at radius 3 is 2.44 bits per heavy atom. The highest BCUT2D eigenvalue weighted by molar-refractivity contribution is 6.10. The van der Waals surface area contributed by atoms with E-state index in [2.05, 4.69) is 13.0 Å². The Morgan fingerprint density at radius 2 is 1.70 bits per heavy atom. The number of benzene rings is 3. The molecule has 3 aromatic carbocycles. The summed E-state index contributed by atoms with van der Waals surface area (Å²) in [5, 5.41) is 19.4. The van der Waals surface area contributed by atoms with Crippen molar-refractivity contribution in [2.45, 2.75) is 26.2 Å². The maximum Gasteiger partial charge on any atom is 0.196 e. The van der Waals surface area contributed by atoms with E-state index in [0.29, 0.717) is 11.3 Å². The molecule has 0 atom stereocenters. The monoisotopic (exact) mass is 362 g/mol. The summed E-state index contributed by atoms with van der Waals surface area (Å²) < 4.78 is 5.99. The summed E-state index contributed by atoms with van der Waals surface area (Å²) in [6, 6.07) is 18.6. The summed E-state index contributed by atoms with van der Waals surface area (Å²) in [4.78, 5) is 12.5. The van der Waals surface area contributed by atoms with Crippen molar-refractivity contribution in [2.24, 2.45) is 0 Å². The van der Waals surface area contributed by atoms with Crippen LogP contribution in [-0.2, 0) is 6.42 Å². The normalized spacial score (nSPS) is 10.6. The van der Waals surface area contributed by atoms with Crippen molar-refractivity contribution in [3.63, 3.8) is 0 Å². The molecule has 0 aliphatic heterocycles. The number of hydrogen-bond acceptors (Lipinski definition) is 4. The molecule has 2 N–H and O–H groups in total. The molecule has 0 unspecified atom stereocenters. The minimum Gasteiger partial charge on any atom is -0.508 e. The molecule has 0 saturated carbocycles. The number of phenols is 2. The van der Waals surface area contributed by atoms with E-state index in [1.807, 2.05) is 18.2 Å². The SMILES string of the molecule is CCCCc1ccccc1Oc1ccc(C(=O)c2cc(O)ccc2O)cc1. The highest BCUT2D eigenvalue weighted by Crippen LogP contribution is 2.28. The number of aryl methyl sites for hydroxylation is 1. The quantitative estimate of drug-likeness (QED) is 0.432. The van der Waals surface area contributed by atoms with Gasteiger partial charge in [-0.1, -0.05) is 31.5 Å². The zero-order chi connectivity index (χ0) is 19.2. The molecule has 0 bridgehead atoms. The molecule has 0 aromatic heterocycles. The lowest BCUT2D eigenvalue weighted by Crippen LogP contribution is -2.01. The first-order valence-electron chi connectivity index (χ1n) is 9.01. The molecule has 0 amide bonds. The topological polar surface area (TPSA) is 66.8 Å². The van der Waals surface area contributed by atoms with Crippen LogP contribution in [0.5, 0.6) is 23.0 Å². The molecule has 0 heterocycles. The number of ether oxygens (including phenoxy) is 1. The Bertz CT molecular complexity index is 929. The van der Waals surface area contributed by atoms with Gasteiger partial charge < -0.3 is 14.9 Å². The number of ketones is 1. The van der Waals surface area contributed by atoms with Crippen molar-refractivity contribution in [3.8, 4) is 23.0 Å². The van der Waals surface area contributed by atoms with Crippen molar-refractivity contribution >= 4 is 5.78 Å². The van der Waals surface area contributed by atoms with Crippen LogP contribution in [0.1, 0.15) is 41.3 Å². The molecule has 3 rings (SSSR count). The van der Waals surface area contributed by atoms with E-state index in [1.165, 1.54) is 18.2 Å². The molecule has 0 aliphatic carbocycles. The molecule has 4 nitrogen and oxygen atoms in total. The van der Waals surface area contributed by atoms with Gasteiger partial charge in [-0.25, -0.2) is 0 Å². The molecule has 0 saturated heterocycles. The highest BCUT2D eigenvalue weighted by Gasteiger charge is 2.14. The zero-order valence-electron chi connectivity index (χ0n) is 15.2. The first kappa shape index (κ1) is 18.5. The van der Waals surface area contributed by atoms with Crippen LogP contribution >= 0.6 is 0 Å². The van der Waals surface area contributed by atoms with Gasteiger partial charge in [-0.05, 0) is 66.9 Å². The molecule has 0 aliphatic rings. The van der Waals surface area contributed by atoms with Gasteiger partial charge in [-0.15, -0.1) is 0 Å². The van der Waals surface area contributed by atoms with Crippen molar-refractivity contribution < 1.29 is 19.7 Å². The van der Waals surface area contributed by atoms with Gasteiger partial charge in [0.1, 0.15) is 23.0 Å². The van der Waals surface area contributed by atoms with Crippen molar-refractivity contribution in [1.29, 1.82) is 0 Å². The van der Waals surface area contributed by atoms with Gasteiger partial charge in [0.05, 0.1) is 5.56 Å². The predicted molar refractivity (Wildman–Crippen MR) is 105 cm³/mol. The lowest BCUT2D eigenvalue weighted by molar-refractivity contribution is 0.103. The zero-order valence-corrected chi connectivity index (χ0v) is 15.2. The fraction of sp³-hybridized carbons (Fsp3) is 0.174. The number of para-hydroxylation sites is 1. The van der Waals surface area contributed by atoms with Gasteiger partial charge in [-0.3, -0.25) is 4.79 Å². The number of rotatable bonds is 7. The number of phenolic OH excluding ortho intramolecular Hbond substituents is 2. The van der Waals surface area contributed by atoms with Crippen molar-refractivity contribution in [1.82, 2.24) is 0 Å². The van der Waals surface area contributed by atoms with Crippen LogP contribution in [0.2, 0.25) is 0 Å². The fourth-order valence-corrected chi connectivity index (χ4v) is 2.84. The van der Waals surface area contributed by atoms with Crippen LogP contribution in [0, 0.1) is 0 Å². The van der Waals surface area contributed by atoms with Crippen LogP contribution in [0.25, 0.3) is 0 Å². The summed E-state index contributed by atoms with van der Waals surface area (Å²) >= 11 is 0. The van der Waals surface area contributed by atoms with Crippen LogP contribution < -0.4 is 4.74 Å². The Labute approximate surface area is 158 Å². The molecule has 0 spiro atoms. The molecular formula is C23H22O4. The second kappa shape index (κ2) is 8.41. The lowest BCUT2D eigenvalue weighted by Gasteiger charge is -2.11. The van der Waals surface area contributed by atoms with E-state index < -0.39 is 0 Å². The van der Waals surface area contributed by atoms with Crippen LogP contribution in [0.15, 0.2) is 66.7 Å². The third-order valence-corrected chi connectivity index (χ3v) is 4.34. The Kier molecular flexibility index (Phi) is 5.77. The van der Waals surface area contributed by atoms with Crippen molar-refractivity contribution in [3.05, 3.63) is 83.4 Å². The summed E-state index contributed by atoms with van der Waals surface area (Å²) in [5.41, 5.74) is 1.63. The average molecular weight is 362 g/mol. The lowest BCUT2D eigenvalue weighted by atomic mass is 10.0. The summed E-state index contributed by atoms with van der Waals surface area (Å²) in [6.07, 6.45) is 3.17. The second-order valence-corrected chi connectivity index (χ2v) is 6.37. The minimum atomic E-state index is -0.363. The van der Waals surface area contributed by atoms with Crippen LogP contribution in [0.3, 0.4) is 0 Å². The molecule has 0 fully saturated rings. The van der Waals surface area contributed by atoms with Crippen LogP contribution in [0.4, 0.5) is 0 Å². The number of aromatic hydroxyl groups is 2. The van der Waals surface area contributed by atoms with E-state index in [0.717, 1.165) is 30.6 Å². The summed E-state index contributed by atoms with van der Waals surface area (Å²) in [5.74, 6) is 0.854. The van der Waals surface area contributed by atoms with Crippen molar-refractivity contribution in [2.75, 3.05) is 0 Å². The maximum atomic E-state index is 12.5. The molecular weight excluding hydrogens is 340 g/mol. The van der Waals surface area contributed by atoms with E-state index in [1.54, 1.807) is 24.3 Å². The van der Waals surface area contributed by atoms with E-state index in [9.17, 15) is 15.0 Å². The molecule has 27 heavy (non-hydrogen) atoms. The average Bonchev–Trinajstić information content (AvgIpc) is 2.69. The Balaban J connectivity index is 1.78. The summed E-state index contributed by atoms with van der Waals surface area (Å²) in [6.45, 7) is 2.16. The first-order valence-corrected chi connectivity index (χ1v) is 9.01. The highest BCUT2D eigenvalue weighted by atomic mass is 16.5. The van der Waals surface area contributed by atoms with Gasteiger partial charge in [-0.2, -0.15) is 0 Å². The van der Waals surface area contributed by atoms with Crippen LogP contribution in [-0.4, -0.2) is 16.0 Å². The molecule has 3 aromatic rings. The number of hydrogen-bond donors (Lipinski definition) is 2. The number of unbranched alkanes of at least 4 members (excludes halogenated alkanes) is 1.